The van der Waals surface area contributed by atoms with E-state index < -0.39 is 0 Å². The number of likely N-dealkylation sites (N-methyl/N-ethyl adjacent to an activating group) is 1. The zero-order chi connectivity index (χ0) is 71.6. The van der Waals surface area contributed by atoms with Gasteiger partial charge in [-0.05, 0) is 148 Å². The molecule has 0 saturated carbocycles. The van der Waals surface area contributed by atoms with Gasteiger partial charge in [-0.2, -0.15) is 0 Å². The molecule has 1 aliphatic heterocycles. The number of aryl methyl sites for hydroxylation is 8. The van der Waals surface area contributed by atoms with Crippen LogP contribution in [-0.4, -0.2) is 130 Å². The van der Waals surface area contributed by atoms with Crippen LogP contribution in [-0.2, 0) is 47.3 Å². The Kier molecular flexibility index (Phi) is 28.4. The predicted octanol–water partition coefficient (Wildman–Crippen LogP) is 16.1. The lowest BCUT2D eigenvalue weighted by molar-refractivity contribution is 0.405. The molecule has 8 aromatic rings. The summed E-state index contributed by atoms with van der Waals surface area (Å²) < 4.78 is 0. The summed E-state index contributed by atoms with van der Waals surface area (Å²) in [5.41, 5.74) is 24.1. The van der Waals surface area contributed by atoms with Crippen molar-refractivity contribution in [1.82, 2.24) is 55.0 Å². The summed E-state index contributed by atoms with van der Waals surface area (Å²) in [7, 11) is 8.33. The lowest BCUT2D eigenvalue weighted by Crippen LogP contribution is -2.51. The summed E-state index contributed by atoms with van der Waals surface area (Å²) in [6.07, 6.45) is 4.58. The van der Waals surface area contributed by atoms with Gasteiger partial charge in [-0.25, -0.2) is 39.9 Å². The van der Waals surface area contributed by atoms with Gasteiger partial charge in [0, 0.05) is 109 Å². The third-order valence-electron chi connectivity index (χ3n) is 17.1. The molecule has 0 unspecified atom stereocenters. The van der Waals surface area contributed by atoms with Crippen molar-refractivity contribution in [1.29, 1.82) is 0 Å². The van der Waals surface area contributed by atoms with Crippen molar-refractivity contribution in [2.24, 2.45) is 0 Å². The van der Waals surface area contributed by atoms with Crippen LogP contribution in [0.25, 0.3) is 0 Å². The minimum atomic E-state index is -0.0221. The number of nitrogens with zero attached hydrogens (tertiary/aromatic N) is 10. The van der Waals surface area contributed by atoms with Gasteiger partial charge in [0.15, 0.2) is 0 Å². The van der Waals surface area contributed by atoms with Gasteiger partial charge in [-0.1, -0.05) is 202 Å². The summed E-state index contributed by atoms with van der Waals surface area (Å²) in [4.78, 5) is 42.6. The molecule has 15 heteroatoms. The highest BCUT2D eigenvalue weighted by Crippen LogP contribution is 2.33. The van der Waals surface area contributed by atoms with E-state index in [1.165, 1.54) is 66.8 Å². The molecule has 5 heterocycles. The molecule has 1 saturated heterocycles. The van der Waals surface area contributed by atoms with E-state index >= 15 is 0 Å². The molecule has 0 radical (unpaired) electrons. The molecular weight excluding hydrogens is 1200 g/mol. The Morgan fingerprint density at radius 3 is 0.887 bits per heavy atom. The average molecular weight is 1320 g/mol. The van der Waals surface area contributed by atoms with Gasteiger partial charge in [0.1, 0.15) is 0 Å². The summed E-state index contributed by atoms with van der Waals surface area (Å²) >= 11 is 0. The minimum Gasteiger partial charge on any atom is -0.354 e. The molecule has 0 atom stereocenters. The van der Waals surface area contributed by atoms with Gasteiger partial charge in [-0.3, -0.25) is 0 Å². The van der Waals surface area contributed by atoms with Gasteiger partial charge in [-0.15, -0.1) is 0 Å². The van der Waals surface area contributed by atoms with Crippen LogP contribution < -0.4 is 26.6 Å². The van der Waals surface area contributed by atoms with Crippen LogP contribution in [0.1, 0.15) is 209 Å². The van der Waals surface area contributed by atoms with Crippen LogP contribution in [0.5, 0.6) is 0 Å². The Labute approximate surface area is 585 Å². The molecule has 97 heavy (non-hydrogen) atoms. The number of anilines is 4. The van der Waals surface area contributed by atoms with Gasteiger partial charge in [0.2, 0.25) is 23.8 Å². The van der Waals surface area contributed by atoms with E-state index in [0.29, 0.717) is 6.04 Å². The fourth-order valence-electron chi connectivity index (χ4n) is 11.4. The molecule has 15 nitrogen and oxygen atoms in total. The first kappa shape index (κ1) is 78.3. The van der Waals surface area contributed by atoms with Crippen LogP contribution in [0.15, 0.2) is 97.1 Å². The van der Waals surface area contributed by atoms with Crippen molar-refractivity contribution in [3.05, 3.63) is 209 Å². The normalized spacial score (nSPS) is 12.6. The third kappa shape index (κ3) is 25.0. The fourth-order valence-corrected chi connectivity index (χ4v) is 11.4. The number of hydrogen-bond donors (Lipinski definition) is 5. The summed E-state index contributed by atoms with van der Waals surface area (Å²) in [5, 5.41) is 16.7. The Morgan fingerprint density at radius 2 is 0.629 bits per heavy atom. The molecule has 0 spiro atoms. The summed E-state index contributed by atoms with van der Waals surface area (Å²) in [6, 6.07) is 35.4. The maximum Gasteiger partial charge on any atom is 0.223 e. The second-order valence-electron chi connectivity index (χ2n) is 31.3. The highest BCUT2D eigenvalue weighted by Gasteiger charge is 2.28. The molecule has 0 amide bonds. The Morgan fingerprint density at radius 1 is 0.361 bits per heavy atom. The number of aromatic nitrogens is 8. The Hall–Kier alpha value is -7.72. The predicted molar refractivity (Wildman–Crippen MR) is 411 cm³/mol. The second-order valence-corrected chi connectivity index (χ2v) is 31.3. The summed E-state index contributed by atoms with van der Waals surface area (Å²) in [6.45, 7) is 52.1. The van der Waals surface area contributed by atoms with Crippen molar-refractivity contribution >= 4 is 23.8 Å². The van der Waals surface area contributed by atoms with Gasteiger partial charge in [0.25, 0.3) is 0 Å². The van der Waals surface area contributed by atoms with Crippen molar-refractivity contribution in [3.8, 4) is 0 Å². The number of benzene rings is 4. The van der Waals surface area contributed by atoms with E-state index in [0.717, 1.165) is 147 Å². The van der Waals surface area contributed by atoms with E-state index in [1.54, 1.807) is 0 Å². The van der Waals surface area contributed by atoms with Crippen LogP contribution >= 0.6 is 0 Å². The number of rotatable bonds is 21. The quantitative estimate of drug-likeness (QED) is 0.0431. The van der Waals surface area contributed by atoms with Gasteiger partial charge in [0.05, 0.1) is 28.8 Å². The first-order valence-corrected chi connectivity index (χ1v) is 35.2. The zero-order valence-electron chi connectivity index (χ0n) is 64.3. The van der Waals surface area contributed by atoms with E-state index in [4.69, 9.17) is 34.9 Å². The molecule has 9 rings (SSSR count). The molecule has 4 aromatic carbocycles. The van der Waals surface area contributed by atoms with Gasteiger partial charge >= 0.3 is 0 Å². The molecule has 0 aliphatic carbocycles. The van der Waals surface area contributed by atoms with Crippen LogP contribution in [0, 0.1) is 55.4 Å². The van der Waals surface area contributed by atoms with Gasteiger partial charge < -0.3 is 36.4 Å². The Balaban J connectivity index is 0.000000205. The summed E-state index contributed by atoms with van der Waals surface area (Å²) in [5.74, 6) is 2.98. The SMILES string of the molecule is CCNc1nc(C)c(Cc2ccc(C)cc2)c(C(C)(C)C)n1.Cc1ccc(Cc2c(C)nc(NC3CNC3)nc2C(C)(C)C)cc1.Cc1ccc(Cc2c(C)nc(NCCCN(C)C)nc2C(C)(C)C)cc1.Cc1ccc(Cc2c(C)nc(NCCN(C)C)nc2C(C)(C)C)cc1. The first-order chi connectivity index (χ1) is 45.5. The monoisotopic (exact) mass is 1320 g/mol. The number of nitrogens with one attached hydrogen (secondary N) is 5. The third-order valence-corrected chi connectivity index (χ3v) is 17.1. The van der Waals surface area contributed by atoms with Crippen molar-refractivity contribution in [2.75, 3.05) is 95.3 Å². The van der Waals surface area contributed by atoms with E-state index in [9.17, 15) is 0 Å². The maximum absolute atomic E-state index is 4.90. The smallest absolute Gasteiger partial charge is 0.223 e. The zero-order valence-corrected chi connectivity index (χ0v) is 64.3. The van der Waals surface area contributed by atoms with E-state index in [-0.39, 0.29) is 21.7 Å². The lowest BCUT2D eigenvalue weighted by atomic mass is 9.86. The molecule has 1 aliphatic rings. The van der Waals surface area contributed by atoms with E-state index in [1.807, 2.05) is 0 Å². The highest BCUT2D eigenvalue weighted by atomic mass is 15.2. The Bertz CT molecular complexity index is 3750. The molecule has 5 N–H and O–H groups in total. The molecule has 0 bridgehead atoms. The maximum atomic E-state index is 4.90. The lowest BCUT2D eigenvalue weighted by Gasteiger charge is -2.29. The van der Waals surface area contributed by atoms with Crippen LogP contribution in [0.3, 0.4) is 0 Å². The number of hydrogen-bond acceptors (Lipinski definition) is 15. The largest absolute Gasteiger partial charge is 0.354 e. The molecule has 524 valence electrons. The molecular formula is C82H121N15. The standard InChI is InChI=1S/C22H34N4.C21H32N4.C20H28N4.C19H27N3/c1-16-9-11-18(12-10-16)15-19-17(2)24-21(23-13-8-14-26(6)7)25-20(19)22(3,4)5;1-15-8-10-17(11-9-15)14-18-16(2)23-20(22-12-13-25(6)7)24-19(18)21(3,4)5;1-13-6-8-15(9-7-13)10-17-14(2)22-19(23-16-11-21-12-16)24-18(17)20(3,4)5;1-7-20-18-21-14(3)16(17(22-18)19(4,5)6)12-15-10-8-13(2)9-11-15/h9-12H,8,13-15H2,1-7H3,(H,23,24,25);8-11H,12-14H2,1-7H3,(H,22,23,24);6-9,16,21H,10-12H2,1-5H3,(H,22,23,24);8-11H,7,12H2,1-6H3,(H,20,21,22). The van der Waals surface area contributed by atoms with Crippen molar-refractivity contribution in [2.45, 2.75) is 205 Å². The van der Waals surface area contributed by atoms with Crippen LogP contribution in [0.4, 0.5) is 23.8 Å². The highest BCUT2D eigenvalue weighted by molar-refractivity contribution is 5.45. The minimum absolute atomic E-state index is 0.00208. The first-order valence-electron chi connectivity index (χ1n) is 35.2. The fraction of sp³-hybridized carbons (Fsp3) is 0.512. The average Bonchev–Trinajstić information content (AvgIpc) is 0.821. The van der Waals surface area contributed by atoms with Crippen molar-refractivity contribution < 1.29 is 0 Å². The second kappa shape index (κ2) is 35.2. The van der Waals surface area contributed by atoms with Crippen LogP contribution in [0.2, 0.25) is 0 Å². The topological polar surface area (TPSA) is 170 Å². The molecule has 1 fully saturated rings. The van der Waals surface area contributed by atoms with Crippen molar-refractivity contribution in [3.63, 3.8) is 0 Å². The van der Waals surface area contributed by atoms with E-state index in [2.05, 4.69) is 312 Å². The molecule has 4 aromatic heterocycles.